The standard InChI is InChI=1S/C14H26N2O/c1-3-12(15)14(17)16-9-8-10(2)11-6-4-5-7-13(11)16/h10-13H,3-9,15H2,1-2H3/t10?,11?,12-,13?/m1/s1. The lowest BCUT2D eigenvalue weighted by atomic mass is 9.72. The van der Waals surface area contributed by atoms with Gasteiger partial charge in [-0.1, -0.05) is 26.7 Å². The topological polar surface area (TPSA) is 46.3 Å². The quantitative estimate of drug-likeness (QED) is 0.801. The first kappa shape index (κ1) is 12.9. The van der Waals surface area contributed by atoms with Gasteiger partial charge in [0.1, 0.15) is 0 Å². The molecule has 2 N–H and O–H groups in total. The van der Waals surface area contributed by atoms with Crippen molar-refractivity contribution in [2.45, 2.75) is 64.5 Å². The molecular formula is C14H26N2O. The second-order valence-corrected chi connectivity index (χ2v) is 5.83. The third-order valence-electron chi connectivity index (χ3n) is 4.78. The minimum absolute atomic E-state index is 0.191. The third kappa shape index (κ3) is 2.49. The Labute approximate surface area is 105 Å². The first-order chi connectivity index (χ1) is 8.15. The molecule has 0 spiro atoms. The summed E-state index contributed by atoms with van der Waals surface area (Å²) in [5.74, 6) is 1.70. The number of nitrogens with two attached hydrogens (primary N) is 1. The van der Waals surface area contributed by atoms with Gasteiger partial charge in [-0.2, -0.15) is 0 Å². The summed E-state index contributed by atoms with van der Waals surface area (Å²) in [6.07, 6.45) is 7.02. The molecule has 1 amide bonds. The molecule has 2 aliphatic rings. The molecule has 0 aromatic carbocycles. The van der Waals surface area contributed by atoms with Crippen LogP contribution in [0.3, 0.4) is 0 Å². The van der Waals surface area contributed by atoms with Crippen LogP contribution in [0.25, 0.3) is 0 Å². The molecule has 1 aliphatic carbocycles. The van der Waals surface area contributed by atoms with Gasteiger partial charge in [-0.05, 0) is 37.5 Å². The maximum absolute atomic E-state index is 12.3. The highest BCUT2D eigenvalue weighted by atomic mass is 16.2. The van der Waals surface area contributed by atoms with E-state index in [-0.39, 0.29) is 11.9 Å². The van der Waals surface area contributed by atoms with E-state index in [1.54, 1.807) is 0 Å². The van der Waals surface area contributed by atoms with E-state index in [1.165, 1.54) is 25.7 Å². The van der Waals surface area contributed by atoms with Crippen molar-refractivity contribution in [3.8, 4) is 0 Å². The van der Waals surface area contributed by atoms with Gasteiger partial charge < -0.3 is 10.6 Å². The van der Waals surface area contributed by atoms with Crippen molar-refractivity contribution in [2.24, 2.45) is 17.6 Å². The first-order valence-corrected chi connectivity index (χ1v) is 7.21. The summed E-state index contributed by atoms with van der Waals surface area (Å²) >= 11 is 0. The van der Waals surface area contributed by atoms with Gasteiger partial charge in [-0.25, -0.2) is 0 Å². The van der Waals surface area contributed by atoms with Crippen molar-refractivity contribution in [2.75, 3.05) is 6.54 Å². The second-order valence-electron chi connectivity index (χ2n) is 5.83. The van der Waals surface area contributed by atoms with E-state index < -0.39 is 0 Å². The maximum Gasteiger partial charge on any atom is 0.239 e. The van der Waals surface area contributed by atoms with Gasteiger partial charge in [0.2, 0.25) is 5.91 Å². The van der Waals surface area contributed by atoms with Crippen LogP contribution in [0.1, 0.15) is 52.4 Å². The molecular weight excluding hydrogens is 212 g/mol. The van der Waals surface area contributed by atoms with Crippen LogP contribution in [0.2, 0.25) is 0 Å². The van der Waals surface area contributed by atoms with E-state index in [0.29, 0.717) is 6.04 Å². The summed E-state index contributed by atoms with van der Waals surface area (Å²) < 4.78 is 0. The maximum atomic E-state index is 12.3. The fraction of sp³-hybridized carbons (Fsp3) is 0.929. The largest absolute Gasteiger partial charge is 0.338 e. The number of fused-ring (bicyclic) bond motifs is 1. The number of hydrogen-bond acceptors (Lipinski definition) is 2. The Kier molecular flexibility index (Phi) is 4.08. The van der Waals surface area contributed by atoms with Crippen LogP contribution in [0.5, 0.6) is 0 Å². The highest BCUT2D eigenvalue weighted by molar-refractivity contribution is 5.82. The van der Waals surface area contributed by atoms with Crippen molar-refractivity contribution < 1.29 is 4.79 Å². The molecule has 0 aromatic rings. The number of likely N-dealkylation sites (tertiary alicyclic amines) is 1. The third-order valence-corrected chi connectivity index (χ3v) is 4.78. The lowest BCUT2D eigenvalue weighted by Gasteiger charge is -2.48. The van der Waals surface area contributed by atoms with Crippen LogP contribution < -0.4 is 5.73 Å². The Morgan fingerprint density at radius 3 is 2.76 bits per heavy atom. The molecule has 2 rings (SSSR count). The molecule has 98 valence electrons. The Morgan fingerprint density at radius 1 is 1.35 bits per heavy atom. The fourth-order valence-electron chi connectivity index (χ4n) is 3.57. The molecule has 1 saturated heterocycles. The minimum Gasteiger partial charge on any atom is -0.338 e. The Hall–Kier alpha value is -0.570. The predicted octanol–water partition coefficient (Wildman–Crippen LogP) is 2.15. The number of hydrogen-bond donors (Lipinski definition) is 1. The van der Waals surface area contributed by atoms with Crippen LogP contribution in [-0.4, -0.2) is 29.4 Å². The zero-order valence-corrected chi connectivity index (χ0v) is 11.2. The lowest BCUT2D eigenvalue weighted by molar-refractivity contribution is -0.140. The molecule has 3 unspecified atom stereocenters. The highest BCUT2D eigenvalue weighted by Crippen LogP contribution is 2.38. The van der Waals surface area contributed by atoms with E-state index in [0.717, 1.165) is 31.2 Å². The monoisotopic (exact) mass is 238 g/mol. The summed E-state index contributed by atoms with van der Waals surface area (Å²) in [6.45, 7) is 5.27. The number of rotatable bonds is 2. The highest BCUT2D eigenvalue weighted by Gasteiger charge is 2.40. The fourth-order valence-corrected chi connectivity index (χ4v) is 3.57. The summed E-state index contributed by atoms with van der Waals surface area (Å²) in [7, 11) is 0. The summed E-state index contributed by atoms with van der Waals surface area (Å²) in [6, 6.07) is 0.198. The van der Waals surface area contributed by atoms with Crippen LogP contribution in [0.15, 0.2) is 0 Å². The van der Waals surface area contributed by atoms with E-state index in [4.69, 9.17) is 5.73 Å². The van der Waals surface area contributed by atoms with Crippen molar-refractivity contribution in [1.82, 2.24) is 4.90 Å². The van der Waals surface area contributed by atoms with Gasteiger partial charge in [-0.15, -0.1) is 0 Å². The van der Waals surface area contributed by atoms with E-state index >= 15 is 0 Å². The minimum atomic E-state index is -0.286. The van der Waals surface area contributed by atoms with Crippen molar-refractivity contribution in [3.63, 3.8) is 0 Å². The zero-order valence-electron chi connectivity index (χ0n) is 11.2. The van der Waals surface area contributed by atoms with Crippen LogP contribution in [-0.2, 0) is 4.79 Å². The van der Waals surface area contributed by atoms with E-state index in [2.05, 4.69) is 11.8 Å². The van der Waals surface area contributed by atoms with Gasteiger partial charge in [0, 0.05) is 12.6 Å². The molecule has 4 atom stereocenters. The van der Waals surface area contributed by atoms with Gasteiger partial charge in [0.25, 0.3) is 0 Å². The summed E-state index contributed by atoms with van der Waals surface area (Å²) in [5, 5.41) is 0. The van der Waals surface area contributed by atoms with Gasteiger partial charge in [0.05, 0.1) is 6.04 Å². The Balaban J connectivity index is 2.09. The smallest absolute Gasteiger partial charge is 0.239 e. The van der Waals surface area contributed by atoms with Crippen LogP contribution >= 0.6 is 0 Å². The molecule has 0 radical (unpaired) electrons. The summed E-state index contributed by atoms with van der Waals surface area (Å²) in [4.78, 5) is 14.4. The second kappa shape index (κ2) is 5.38. The van der Waals surface area contributed by atoms with Gasteiger partial charge in [0.15, 0.2) is 0 Å². The van der Waals surface area contributed by atoms with Crippen molar-refractivity contribution in [3.05, 3.63) is 0 Å². The first-order valence-electron chi connectivity index (χ1n) is 7.21. The lowest BCUT2D eigenvalue weighted by Crippen LogP contribution is -2.56. The number of amides is 1. The molecule has 2 fully saturated rings. The number of carbonyl (C=O) groups is 1. The molecule has 1 saturated carbocycles. The normalized spacial score (nSPS) is 35.2. The summed E-state index contributed by atoms with van der Waals surface area (Å²) in [5.41, 5.74) is 5.91. The molecule has 17 heavy (non-hydrogen) atoms. The Morgan fingerprint density at radius 2 is 2.06 bits per heavy atom. The molecule has 0 aromatic heterocycles. The number of nitrogens with zero attached hydrogens (tertiary/aromatic N) is 1. The Bertz CT molecular complexity index is 279. The van der Waals surface area contributed by atoms with E-state index in [1.807, 2.05) is 6.92 Å². The van der Waals surface area contributed by atoms with Gasteiger partial charge >= 0.3 is 0 Å². The average molecular weight is 238 g/mol. The van der Waals surface area contributed by atoms with E-state index in [9.17, 15) is 4.79 Å². The van der Waals surface area contributed by atoms with Crippen molar-refractivity contribution >= 4 is 5.91 Å². The number of carbonyl (C=O) groups excluding carboxylic acids is 1. The van der Waals surface area contributed by atoms with Gasteiger partial charge in [-0.3, -0.25) is 4.79 Å². The SMILES string of the molecule is CC[C@@H](N)C(=O)N1CCC(C)C2CCCCC21. The number of piperidine rings is 1. The van der Waals surface area contributed by atoms with Crippen molar-refractivity contribution in [1.29, 1.82) is 0 Å². The van der Waals surface area contributed by atoms with Crippen LogP contribution in [0.4, 0.5) is 0 Å². The molecule has 0 bridgehead atoms. The molecule has 1 aliphatic heterocycles. The predicted molar refractivity (Wildman–Crippen MR) is 69.5 cm³/mol. The molecule has 3 heteroatoms. The zero-order chi connectivity index (χ0) is 12.4. The molecule has 1 heterocycles. The van der Waals surface area contributed by atoms with Crippen LogP contribution in [0, 0.1) is 11.8 Å². The molecule has 3 nitrogen and oxygen atoms in total. The average Bonchev–Trinajstić information content (AvgIpc) is 2.38.